The van der Waals surface area contributed by atoms with Crippen LogP contribution >= 0.6 is 23.1 Å². The minimum atomic E-state index is -0.983. The number of anilines is 1. The van der Waals surface area contributed by atoms with E-state index in [4.69, 9.17) is 24.0 Å². The number of hydrogen-bond acceptors (Lipinski definition) is 13. The molecule has 2 amide bonds. The van der Waals surface area contributed by atoms with Gasteiger partial charge in [-0.3, -0.25) is 19.5 Å². The molecule has 2 atom stereocenters. The maximum atomic E-state index is 14.1. The van der Waals surface area contributed by atoms with Crippen LogP contribution in [0.1, 0.15) is 27.9 Å². The lowest BCUT2D eigenvalue weighted by Gasteiger charge is -2.49. The van der Waals surface area contributed by atoms with E-state index in [0.29, 0.717) is 28.0 Å². The molecule has 2 aliphatic rings. The van der Waals surface area contributed by atoms with Crippen LogP contribution in [0.5, 0.6) is 11.5 Å². The van der Waals surface area contributed by atoms with Crippen LogP contribution in [0.15, 0.2) is 162 Å². The van der Waals surface area contributed by atoms with Gasteiger partial charge in [0.1, 0.15) is 60.2 Å². The number of hydrogen-bond donors (Lipinski definition) is 2. The Morgan fingerprint density at radius 2 is 1.49 bits per heavy atom. The van der Waals surface area contributed by atoms with Gasteiger partial charge in [-0.25, -0.2) is 9.78 Å². The number of nitrogens with one attached hydrogen (secondary N) is 2. The lowest BCUT2D eigenvalue weighted by molar-refractivity contribution is -0.153. The lowest BCUT2D eigenvalue weighted by Crippen LogP contribution is -2.71. The van der Waals surface area contributed by atoms with Gasteiger partial charge in [0, 0.05) is 22.9 Å². The molecule has 0 bridgehead atoms. The second kappa shape index (κ2) is 18.5. The summed E-state index contributed by atoms with van der Waals surface area (Å²) in [6, 6.07) is 39.9. The minimum absolute atomic E-state index is 0.0180. The third kappa shape index (κ3) is 8.56. The zero-order valence-corrected chi connectivity index (χ0v) is 34.7. The summed E-state index contributed by atoms with van der Waals surface area (Å²) in [4.78, 5) is 57.3. The Bertz CT molecular complexity index is 2440. The fraction of sp³-hybridized carbons (Fsp3) is 0.174. The number of ether oxygens (including phenoxy) is 3. The SMILES string of the molecule is CO/N=C(\C(=O)N[C@@H]1C(=O)N2C(C(=O)OCc3ccc(OC)cc3)=C(COc3cccnc3)CS[C@H]12)c1csc(NC(c2ccccc2)(c2ccccc2)c2ccccc2)n1. The minimum Gasteiger partial charge on any atom is -0.497 e. The molecule has 0 unspecified atom stereocenters. The van der Waals surface area contributed by atoms with Gasteiger partial charge in [0.05, 0.1) is 13.3 Å². The van der Waals surface area contributed by atoms with Gasteiger partial charge in [0.15, 0.2) is 10.8 Å². The molecule has 0 radical (unpaired) electrons. The number of carbonyl (C=O) groups is 3. The highest BCUT2D eigenvalue weighted by Gasteiger charge is 2.55. The second-order valence-corrected chi connectivity index (χ2v) is 15.8. The van der Waals surface area contributed by atoms with Crippen molar-refractivity contribution in [1.29, 1.82) is 0 Å². The standard InChI is InChI=1S/C46H40N6O7S2/c1-56-35-22-20-30(21-23-35)26-59-44(55)40-31(27-58-36-19-12-24-47-25-36)28-60-43-39(42(54)52(40)43)49-41(53)38(51-57-2)37-29-61-45(48-37)50-46(32-13-6-3-7-14-32,33-15-8-4-9-16-33)34-17-10-5-11-18-34/h3-25,29,39,43H,26-28H2,1-2H3,(H,48,50)(H,49,53)/b51-38-/t39-,43-/m1/s1. The Hall–Kier alpha value is -6.97. The van der Waals surface area contributed by atoms with E-state index in [1.807, 2.05) is 54.6 Å². The van der Waals surface area contributed by atoms with E-state index in [1.165, 1.54) is 35.1 Å². The van der Waals surface area contributed by atoms with Gasteiger partial charge < -0.3 is 29.7 Å². The number of benzene rings is 4. The Kier molecular flexibility index (Phi) is 12.4. The summed E-state index contributed by atoms with van der Waals surface area (Å²) in [6.45, 7) is -0.0162. The van der Waals surface area contributed by atoms with Crippen molar-refractivity contribution in [3.8, 4) is 11.5 Å². The monoisotopic (exact) mass is 852 g/mol. The number of β-lactam (4-membered cyclic amide) rings is 1. The van der Waals surface area contributed by atoms with Gasteiger partial charge in [0.25, 0.3) is 11.8 Å². The van der Waals surface area contributed by atoms with Crippen molar-refractivity contribution in [2.75, 3.05) is 31.9 Å². The van der Waals surface area contributed by atoms with Crippen LogP contribution in [0.2, 0.25) is 0 Å². The first-order chi connectivity index (χ1) is 29.9. The quantitative estimate of drug-likeness (QED) is 0.0349. The Balaban J connectivity index is 1.03. The van der Waals surface area contributed by atoms with E-state index in [0.717, 1.165) is 22.3 Å². The zero-order chi connectivity index (χ0) is 42.2. The van der Waals surface area contributed by atoms with Crippen molar-refractivity contribution in [2.45, 2.75) is 23.6 Å². The van der Waals surface area contributed by atoms with Crippen molar-refractivity contribution in [3.63, 3.8) is 0 Å². The Morgan fingerprint density at radius 1 is 0.836 bits per heavy atom. The summed E-state index contributed by atoms with van der Waals surface area (Å²) < 4.78 is 16.9. The summed E-state index contributed by atoms with van der Waals surface area (Å²) in [7, 11) is 2.91. The summed E-state index contributed by atoms with van der Waals surface area (Å²) in [5.74, 6) is -0.344. The van der Waals surface area contributed by atoms with Gasteiger partial charge in [-0.1, -0.05) is 108 Å². The molecule has 4 heterocycles. The molecule has 1 fully saturated rings. The van der Waals surface area contributed by atoms with Crippen LogP contribution in [-0.2, 0) is 36.1 Å². The smallest absolute Gasteiger partial charge is 0.355 e. The predicted molar refractivity (Wildman–Crippen MR) is 233 cm³/mol. The number of pyridine rings is 1. The highest BCUT2D eigenvalue weighted by molar-refractivity contribution is 8.00. The number of esters is 1. The fourth-order valence-corrected chi connectivity index (χ4v) is 9.29. The number of oxime groups is 1. The maximum absolute atomic E-state index is 14.1. The zero-order valence-electron chi connectivity index (χ0n) is 33.1. The molecule has 4 aromatic carbocycles. The van der Waals surface area contributed by atoms with Crippen LogP contribution in [0.25, 0.3) is 0 Å². The van der Waals surface area contributed by atoms with E-state index < -0.39 is 34.7 Å². The molecule has 0 spiro atoms. The first-order valence-electron chi connectivity index (χ1n) is 19.2. The molecular formula is C46H40N6O7S2. The van der Waals surface area contributed by atoms with Crippen molar-refractivity contribution in [1.82, 2.24) is 20.2 Å². The first-order valence-corrected chi connectivity index (χ1v) is 21.1. The summed E-state index contributed by atoms with van der Waals surface area (Å²) in [5, 5.41) is 12.2. The van der Waals surface area contributed by atoms with E-state index in [-0.39, 0.29) is 30.3 Å². The average molecular weight is 853 g/mol. The molecule has 308 valence electrons. The van der Waals surface area contributed by atoms with Gasteiger partial charge in [-0.05, 0) is 46.5 Å². The van der Waals surface area contributed by atoms with Crippen molar-refractivity contribution >= 4 is 51.7 Å². The molecule has 0 saturated carbocycles. The molecule has 2 aliphatic heterocycles. The second-order valence-electron chi connectivity index (χ2n) is 13.8. The Labute approximate surface area is 360 Å². The van der Waals surface area contributed by atoms with E-state index in [9.17, 15) is 14.4 Å². The molecule has 61 heavy (non-hydrogen) atoms. The van der Waals surface area contributed by atoms with Crippen LogP contribution in [0, 0.1) is 0 Å². The number of methoxy groups -OCH3 is 1. The molecular weight excluding hydrogens is 813 g/mol. The van der Waals surface area contributed by atoms with Crippen LogP contribution in [0.4, 0.5) is 5.13 Å². The van der Waals surface area contributed by atoms with Crippen LogP contribution in [-0.4, -0.2) is 76.4 Å². The van der Waals surface area contributed by atoms with Crippen molar-refractivity contribution in [3.05, 3.63) is 184 Å². The summed E-state index contributed by atoms with van der Waals surface area (Å²) in [5.41, 5.74) is 3.59. The number of aromatic nitrogens is 2. The first kappa shape index (κ1) is 40.8. The van der Waals surface area contributed by atoms with E-state index in [2.05, 4.69) is 57.2 Å². The number of nitrogens with zero attached hydrogens (tertiary/aromatic N) is 4. The molecule has 13 nitrogen and oxygen atoms in total. The number of rotatable bonds is 16. The third-order valence-electron chi connectivity index (χ3n) is 10.2. The molecule has 2 N–H and O–H groups in total. The summed E-state index contributed by atoms with van der Waals surface area (Å²) >= 11 is 2.70. The largest absolute Gasteiger partial charge is 0.497 e. The van der Waals surface area contributed by atoms with Gasteiger partial charge >= 0.3 is 5.97 Å². The molecule has 2 aromatic heterocycles. The van der Waals surface area contributed by atoms with Crippen molar-refractivity contribution in [2.24, 2.45) is 5.16 Å². The highest BCUT2D eigenvalue weighted by Crippen LogP contribution is 2.42. The normalized spacial score (nSPS) is 16.2. The van der Waals surface area contributed by atoms with Crippen molar-refractivity contribution < 1.29 is 33.4 Å². The average Bonchev–Trinajstić information content (AvgIpc) is 3.79. The van der Waals surface area contributed by atoms with Gasteiger partial charge in [-0.2, -0.15) is 0 Å². The van der Waals surface area contributed by atoms with E-state index >= 15 is 0 Å². The number of thiazole rings is 1. The van der Waals surface area contributed by atoms with Gasteiger partial charge in [0.2, 0.25) is 0 Å². The lowest BCUT2D eigenvalue weighted by atomic mass is 9.77. The van der Waals surface area contributed by atoms with E-state index in [1.54, 1.807) is 61.3 Å². The summed E-state index contributed by atoms with van der Waals surface area (Å²) in [6.07, 6.45) is 3.19. The molecule has 1 saturated heterocycles. The number of carbonyl (C=O) groups excluding carboxylic acids is 3. The topological polar surface area (TPSA) is 154 Å². The van der Waals surface area contributed by atoms with Crippen LogP contribution < -0.4 is 20.1 Å². The number of fused-ring (bicyclic) bond motifs is 1. The molecule has 15 heteroatoms. The third-order valence-corrected chi connectivity index (χ3v) is 12.3. The van der Waals surface area contributed by atoms with Crippen LogP contribution in [0.3, 0.4) is 0 Å². The molecule has 0 aliphatic carbocycles. The number of thioether (sulfide) groups is 1. The number of amides is 2. The highest BCUT2D eigenvalue weighted by atomic mass is 32.2. The predicted octanol–water partition coefficient (Wildman–Crippen LogP) is 6.78. The Morgan fingerprint density at radius 3 is 2.08 bits per heavy atom. The fourth-order valence-electron chi connectivity index (χ4n) is 7.21. The maximum Gasteiger partial charge on any atom is 0.355 e. The molecule has 8 rings (SSSR count). The van der Waals surface area contributed by atoms with Gasteiger partial charge in [-0.15, -0.1) is 23.1 Å². The molecule has 6 aromatic rings.